The second kappa shape index (κ2) is 10.4. The van der Waals surface area contributed by atoms with Gasteiger partial charge in [0.2, 0.25) is 0 Å². The minimum absolute atomic E-state index is 0.192. The van der Waals surface area contributed by atoms with E-state index in [0.717, 1.165) is 11.6 Å². The predicted molar refractivity (Wildman–Crippen MR) is 124 cm³/mol. The fourth-order valence-corrected chi connectivity index (χ4v) is 5.03. The average Bonchev–Trinajstić information content (AvgIpc) is 3.02. The molecule has 4 rings (SSSR count). The molecule has 0 unspecified atom stereocenters. The standard InChI is InChI=1S/C26H30F3N3O3/c1-35-16-6-13-32-24(34)31(19-20-7-3-2-4-8-20)23(33)25(32)11-14-30(15-12-25)18-21-9-5-10-22(17-21)26(27,28)29/h2-5,7-10,17H,6,11-16,18-19H2,1H3. The maximum absolute atomic E-state index is 13.6. The summed E-state index contributed by atoms with van der Waals surface area (Å²) in [6.07, 6.45) is -2.89. The molecule has 2 saturated heterocycles. The van der Waals surface area contributed by atoms with E-state index in [9.17, 15) is 22.8 Å². The maximum Gasteiger partial charge on any atom is 0.416 e. The molecule has 0 bridgehead atoms. The Balaban J connectivity index is 1.49. The molecule has 0 saturated carbocycles. The van der Waals surface area contributed by atoms with Crippen molar-refractivity contribution in [2.45, 2.75) is 44.1 Å². The lowest BCUT2D eigenvalue weighted by molar-refractivity contribution is -0.138. The molecule has 0 N–H and O–H groups in total. The van der Waals surface area contributed by atoms with Gasteiger partial charge >= 0.3 is 12.2 Å². The highest BCUT2D eigenvalue weighted by atomic mass is 19.4. The smallest absolute Gasteiger partial charge is 0.385 e. The number of piperidine rings is 1. The molecule has 0 aromatic heterocycles. The normalized spacial score (nSPS) is 18.6. The summed E-state index contributed by atoms with van der Waals surface area (Å²) in [6.45, 7) is 2.49. The Labute approximate surface area is 203 Å². The fourth-order valence-electron chi connectivity index (χ4n) is 5.03. The van der Waals surface area contributed by atoms with Crippen molar-refractivity contribution in [2.24, 2.45) is 0 Å². The number of likely N-dealkylation sites (tertiary alicyclic amines) is 1. The minimum atomic E-state index is -4.39. The predicted octanol–water partition coefficient (Wildman–Crippen LogP) is 4.54. The minimum Gasteiger partial charge on any atom is -0.385 e. The monoisotopic (exact) mass is 489 g/mol. The molecule has 2 heterocycles. The molecular formula is C26H30F3N3O3. The summed E-state index contributed by atoms with van der Waals surface area (Å²) in [4.78, 5) is 32.1. The number of benzene rings is 2. The van der Waals surface area contributed by atoms with Crippen LogP contribution in [0.25, 0.3) is 0 Å². The summed E-state index contributed by atoms with van der Waals surface area (Å²) in [6, 6.07) is 14.5. The zero-order valence-electron chi connectivity index (χ0n) is 19.8. The van der Waals surface area contributed by atoms with E-state index in [-0.39, 0.29) is 18.5 Å². The van der Waals surface area contributed by atoms with E-state index in [1.807, 2.05) is 35.2 Å². The van der Waals surface area contributed by atoms with Gasteiger partial charge in [-0.25, -0.2) is 4.79 Å². The lowest BCUT2D eigenvalue weighted by Crippen LogP contribution is -2.56. The van der Waals surface area contributed by atoms with Crippen LogP contribution in [-0.2, 0) is 28.8 Å². The third kappa shape index (κ3) is 5.36. The third-order valence-corrected chi connectivity index (χ3v) is 6.88. The SMILES string of the molecule is COCCCN1C(=O)N(Cc2ccccc2)C(=O)C12CCN(Cc1cccc(C(F)(F)F)c1)CC2. The Morgan fingerprint density at radius 2 is 1.63 bits per heavy atom. The van der Waals surface area contributed by atoms with Crippen molar-refractivity contribution in [3.8, 4) is 0 Å². The number of hydrogen-bond acceptors (Lipinski definition) is 4. The van der Waals surface area contributed by atoms with Gasteiger partial charge in [0, 0.05) is 39.9 Å². The van der Waals surface area contributed by atoms with E-state index >= 15 is 0 Å². The first-order valence-corrected chi connectivity index (χ1v) is 11.8. The van der Waals surface area contributed by atoms with Gasteiger partial charge in [-0.15, -0.1) is 0 Å². The molecule has 2 aromatic carbocycles. The second-order valence-corrected chi connectivity index (χ2v) is 9.16. The van der Waals surface area contributed by atoms with Crippen molar-refractivity contribution >= 4 is 11.9 Å². The van der Waals surface area contributed by atoms with Crippen molar-refractivity contribution in [3.05, 3.63) is 71.3 Å². The molecule has 6 nitrogen and oxygen atoms in total. The number of nitrogens with zero attached hydrogens (tertiary/aromatic N) is 3. The molecule has 1 spiro atoms. The largest absolute Gasteiger partial charge is 0.416 e. The fraction of sp³-hybridized carbons (Fsp3) is 0.462. The lowest BCUT2D eigenvalue weighted by Gasteiger charge is -2.42. The van der Waals surface area contributed by atoms with Crippen LogP contribution in [-0.4, -0.2) is 65.5 Å². The summed E-state index contributed by atoms with van der Waals surface area (Å²) < 4.78 is 44.4. The second-order valence-electron chi connectivity index (χ2n) is 9.16. The highest BCUT2D eigenvalue weighted by Gasteiger charge is 2.57. The van der Waals surface area contributed by atoms with Crippen LogP contribution in [0.2, 0.25) is 0 Å². The van der Waals surface area contributed by atoms with Crippen LogP contribution < -0.4 is 0 Å². The number of halogens is 3. The third-order valence-electron chi connectivity index (χ3n) is 6.88. The molecule has 2 aliphatic rings. The number of rotatable bonds is 8. The van der Waals surface area contributed by atoms with E-state index in [2.05, 4.69) is 0 Å². The number of carbonyl (C=O) groups excluding carboxylic acids is 2. The molecule has 9 heteroatoms. The van der Waals surface area contributed by atoms with Crippen LogP contribution >= 0.6 is 0 Å². The number of hydrogen-bond donors (Lipinski definition) is 0. The Bertz CT molecular complexity index is 1040. The zero-order chi connectivity index (χ0) is 25.1. The van der Waals surface area contributed by atoms with Gasteiger partial charge in [0.05, 0.1) is 12.1 Å². The summed E-state index contributed by atoms with van der Waals surface area (Å²) in [5.74, 6) is -0.192. The number of ether oxygens (including phenoxy) is 1. The van der Waals surface area contributed by atoms with E-state index in [1.165, 1.54) is 17.0 Å². The van der Waals surface area contributed by atoms with Gasteiger partial charge in [-0.05, 0) is 36.5 Å². The Morgan fingerprint density at radius 3 is 2.29 bits per heavy atom. The summed E-state index contributed by atoms with van der Waals surface area (Å²) in [7, 11) is 1.60. The van der Waals surface area contributed by atoms with Gasteiger partial charge in [-0.2, -0.15) is 13.2 Å². The maximum atomic E-state index is 13.6. The molecule has 2 aromatic rings. The van der Waals surface area contributed by atoms with Gasteiger partial charge in [0.15, 0.2) is 0 Å². The Kier molecular flexibility index (Phi) is 7.47. The van der Waals surface area contributed by atoms with Crippen LogP contribution in [0, 0.1) is 0 Å². The van der Waals surface area contributed by atoms with Crippen molar-refractivity contribution in [3.63, 3.8) is 0 Å². The van der Waals surface area contributed by atoms with Crippen LogP contribution in [0.15, 0.2) is 54.6 Å². The van der Waals surface area contributed by atoms with Gasteiger partial charge in [-0.3, -0.25) is 14.6 Å². The van der Waals surface area contributed by atoms with Crippen molar-refractivity contribution in [1.29, 1.82) is 0 Å². The average molecular weight is 490 g/mol. The quantitative estimate of drug-likeness (QED) is 0.404. The molecule has 188 valence electrons. The van der Waals surface area contributed by atoms with Crippen LogP contribution in [0.4, 0.5) is 18.0 Å². The van der Waals surface area contributed by atoms with Crippen LogP contribution in [0.1, 0.15) is 36.0 Å². The molecule has 2 fully saturated rings. The van der Waals surface area contributed by atoms with E-state index in [1.54, 1.807) is 18.1 Å². The number of imide groups is 1. The summed E-state index contributed by atoms with van der Waals surface area (Å²) >= 11 is 0. The van der Waals surface area contributed by atoms with Crippen molar-refractivity contribution in [1.82, 2.24) is 14.7 Å². The molecule has 0 aliphatic carbocycles. The number of urea groups is 1. The first-order chi connectivity index (χ1) is 16.7. The number of methoxy groups -OCH3 is 1. The highest BCUT2D eigenvalue weighted by Crippen LogP contribution is 2.38. The molecular weight excluding hydrogens is 459 g/mol. The van der Waals surface area contributed by atoms with Gasteiger partial charge in [0.1, 0.15) is 5.54 Å². The van der Waals surface area contributed by atoms with Crippen molar-refractivity contribution < 1.29 is 27.5 Å². The molecule has 3 amide bonds. The van der Waals surface area contributed by atoms with Crippen LogP contribution in [0.5, 0.6) is 0 Å². The molecule has 0 atom stereocenters. The molecule has 35 heavy (non-hydrogen) atoms. The van der Waals surface area contributed by atoms with Gasteiger partial charge < -0.3 is 9.64 Å². The first kappa shape index (κ1) is 25.2. The molecule has 2 aliphatic heterocycles. The van der Waals surface area contributed by atoms with Crippen LogP contribution in [0.3, 0.4) is 0 Å². The van der Waals surface area contributed by atoms with Gasteiger partial charge in [0.25, 0.3) is 5.91 Å². The Hall–Kier alpha value is -2.91. The first-order valence-electron chi connectivity index (χ1n) is 11.8. The number of amides is 3. The summed E-state index contributed by atoms with van der Waals surface area (Å²) in [5.41, 5.74) is -0.137. The van der Waals surface area contributed by atoms with E-state index in [4.69, 9.17) is 4.74 Å². The van der Waals surface area contributed by atoms with Gasteiger partial charge in [-0.1, -0.05) is 48.5 Å². The lowest BCUT2D eigenvalue weighted by atomic mass is 9.85. The zero-order valence-corrected chi connectivity index (χ0v) is 19.8. The Morgan fingerprint density at radius 1 is 0.943 bits per heavy atom. The highest BCUT2D eigenvalue weighted by molar-refractivity contribution is 6.07. The van der Waals surface area contributed by atoms with E-state index < -0.39 is 17.3 Å². The topological polar surface area (TPSA) is 53.1 Å². The molecule has 0 radical (unpaired) electrons. The summed E-state index contributed by atoms with van der Waals surface area (Å²) in [5, 5.41) is 0. The van der Waals surface area contributed by atoms with Crippen molar-refractivity contribution in [2.75, 3.05) is 33.4 Å². The number of alkyl halides is 3. The number of carbonyl (C=O) groups is 2. The van der Waals surface area contributed by atoms with E-state index in [0.29, 0.717) is 57.6 Å².